The summed E-state index contributed by atoms with van der Waals surface area (Å²) in [4.78, 5) is 28.5. The van der Waals surface area contributed by atoms with Crippen LogP contribution in [0.1, 0.15) is 11.3 Å². The monoisotopic (exact) mass is 392 g/mol. The molecule has 140 valence electrons. The minimum atomic E-state index is -0.454. The summed E-state index contributed by atoms with van der Waals surface area (Å²) in [7, 11) is 0. The van der Waals surface area contributed by atoms with E-state index in [2.05, 4.69) is 10.3 Å². The van der Waals surface area contributed by atoms with Crippen LogP contribution in [0.2, 0.25) is 0 Å². The van der Waals surface area contributed by atoms with Crippen molar-refractivity contribution in [3.8, 4) is 11.3 Å². The molecule has 0 saturated heterocycles. The Morgan fingerprint density at radius 1 is 1.25 bits per heavy atom. The van der Waals surface area contributed by atoms with E-state index in [-0.39, 0.29) is 18.0 Å². The molecule has 1 N–H and O–H groups in total. The predicted molar refractivity (Wildman–Crippen MR) is 109 cm³/mol. The van der Waals surface area contributed by atoms with Gasteiger partial charge < -0.3 is 5.32 Å². The Labute approximate surface area is 164 Å². The molecule has 0 aliphatic rings. The number of thiazole rings is 1. The van der Waals surface area contributed by atoms with Gasteiger partial charge in [0.1, 0.15) is 0 Å². The number of fused-ring (bicyclic) bond motifs is 1. The minimum absolute atomic E-state index is 0.0159. The van der Waals surface area contributed by atoms with E-state index in [0.29, 0.717) is 11.3 Å². The molecule has 28 heavy (non-hydrogen) atoms. The maximum atomic E-state index is 12.5. The van der Waals surface area contributed by atoms with Gasteiger partial charge >= 0.3 is 0 Å². The molecule has 8 heteroatoms. The molecule has 0 bridgehead atoms. The number of anilines is 1. The minimum Gasteiger partial charge on any atom is -0.326 e. The summed E-state index contributed by atoms with van der Waals surface area (Å²) in [5, 5.41) is 15.7. The Balaban J connectivity index is 1.53. The lowest BCUT2D eigenvalue weighted by Gasteiger charge is -2.06. The van der Waals surface area contributed by atoms with Gasteiger partial charge in [0.15, 0.2) is 4.96 Å². The second-order valence-corrected chi connectivity index (χ2v) is 7.19. The third-order valence-corrected chi connectivity index (χ3v) is 5.27. The van der Waals surface area contributed by atoms with Crippen molar-refractivity contribution >= 4 is 33.6 Å². The molecule has 0 unspecified atom stereocenters. The van der Waals surface area contributed by atoms with Crippen molar-refractivity contribution in [1.82, 2.24) is 9.38 Å². The van der Waals surface area contributed by atoms with Gasteiger partial charge in [-0.2, -0.15) is 0 Å². The zero-order valence-corrected chi connectivity index (χ0v) is 15.8. The van der Waals surface area contributed by atoms with E-state index in [1.165, 1.54) is 17.4 Å². The number of amides is 1. The first-order chi connectivity index (χ1) is 13.5. The van der Waals surface area contributed by atoms with Gasteiger partial charge in [-0.05, 0) is 13.0 Å². The number of carbonyl (C=O) groups excluding carboxylic acids is 1. The standard InChI is InChI=1S/C20H16N4O3S/c1-13-7-8-15(9-18(13)24(26)27)21-19(25)10-16-12-28-20-22-17(11-23(16)20)14-5-3-2-4-6-14/h2-9,11-12H,10H2,1H3,(H,21,25). The van der Waals surface area contributed by atoms with Crippen LogP contribution in [-0.2, 0) is 11.2 Å². The smallest absolute Gasteiger partial charge is 0.274 e. The second-order valence-electron chi connectivity index (χ2n) is 6.36. The number of aryl methyl sites for hydroxylation is 1. The van der Waals surface area contributed by atoms with Crippen LogP contribution in [-0.4, -0.2) is 20.2 Å². The van der Waals surface area contributed by atoms with Crippen LogP contribution in [0.15, 0.2) is 60.1 Å². The number of nitro benzene ring substituents is 1. The molecule has 2 heterocycles. The molecular weight excluding hydrogens is 376 g/mol. The molecule has 1 amide bonds. The highest BCUT2D eigenvalue weighted by Crippen LogP contribution is 2.25. The fourth-order valence-corrected chi connectivity index (χ4v) is 3.83. The Kier molecular flexibility index (Phi) is 4.62. The number of hydrogen-bond donors (Lipinski definition) is 1. The SMILES string of the molecule is Cc1ccc(NC(=O)Cc2csc3nc(-c4ccccc4)cn23)cc1[N+](=O)[O-]. The number of nitro groups is 1. The normalized spacial score (nSPS) is 10.9. The summed E-state index contributed by atoms with van der Waals surface area (Å²) in [6.45, 7) is 1.66. The second kappa shape index (κ2) is 7.24. The number of hydrogen-bond acceptors (Lipinski definition) is 5. The van der Waals surface area contributed by atoms with Crippen LogP contribution >= 0.6 is 11.3 Å². The summed E-state index contributed by atoms with van der Waals surface area (Å²) in [5.41, 5.74) is 3.62. The number of aromatic nitrogens is 2. The van der Waals surface area contributed by atoms with E-state index in [1.54, 1.807) is 19.1 Å². The summed E-state index contributed by atoms with van der Waals surface area (Å²) >= 11 is 1.47. The van der Waals surface area contributed by atoms with Crippen molar-refractivity contribution in [1.29, 1.82) is 0 Å². The third kappa shape index (κ3) is 3.49. The Morgan fingerprint density at radius 3 is 2.79 bits per heavy atom. The summed E-state index contributed by atoms with van der Waals surface area (Å²) < 4.78 is 1.91. The Bertz CT molecular complexity index is 1180. The number of rotatable bonds is 5. The Hall–Kier alpha value is -3.52. The fourth-order valence-electron chi connectivity index (χ4n) is 2.96. The highest BCUT2D eigenvalue weighted by Gasteiger charge is 2.15. The number of benzene rings is 2. The number of imidazole rings is 1. The van der Waals surface area contributed by atoms with Crippen molar-refractivity contribution in [3.05, 3.63) is 81.5 Å². The topological polar surface area (TPSA) is 89.5 Å². The number of carbonyl (C=O) groups is 1. The lowest BCUT2D eigenvalue weighted by molar-refractivity contribution is -0.385. The van der Waals surface area contributed by atoms with E-state index >= 15 is 0 Å². The first-order valence-corrected chi connectivity index (χ1v) is 9.45. The van der Waals surface area contributed by atoms with Crippen LogP contribution in [0.3, 0.4) is 0 Å². The first kappa shape index (κ1) is 17.9. The molecule has 0 spiro atoms. The molecule has 2 aromatic carbocycles. The molecule has 0 radical (unpaired) electrons. The molecule has 0 fully saturated rings. The van der Waals surface area contributed by atoms with Crippen molar-refractivity contribution in [3.63, 3.8) is 0 Å². The lowest BCUT2D eigenvalue weighted by Crippen LogP contribution is -2.15. The van der Waals surface area contributed by atoms with Crippen molar-refractivity contribution < 1.29 is 9.72 Å². The van der Waals surface area contributed by atoms with E-state index in [1.807, 2.05) is 46.3 Å². The summed E-state index contributed by atoms with van der Waals surface area (Å²) in [6, 6.07) is 14.5. The quantitative estimate of drug-likeness (QED) is 0.401. The molecule has 0 aliphatic heterocycles. The predicted octanol–water partition coefficient (Wildman–Crippen LogP) is 4.46. The number of nitrogens with zero attached hydrogens (tertiary/aromatic N) is 3. The first-order valence-electron chi connectivity index (χ1n) is 8.57. The Morgan fingerprint density at radius 2 is 2.04 bits per heavy atom. The third-order valence-electron chi connectivity index (χ3n) is 4.38. The van der Waals surface area contributed by atoms with Gasteiger partial charge in [0, 0.05) is 40.2 Å². The van der Waals surface area contributed by atoms with E-state index in [9.17, 15) is 14.9 Å². The lowest BCUT2D eigenvalue weighted by atomic mass is 10.2. The average molecular weight is 392 g/mol. The zero-order chi connectivity index (χ0) is 19.7. The van der Waals surface area contributed by atoms with Crippen LogP contribution < -0.4 is 5.32 Å². The maximum absolute atomic E-state index is 12.5. The molecule has 2 aromatic heterocycles. The van der Waals surface area contributed by atoms with Crippen LogP contribution in [0.5, 0.6) is 0 Å². The van der Waals surface area contributed by atoms with Crippen molar-refractivity contribution in [2.24, 2.45) is 0 Å². The fraction of sp³-hybridized carbons (Fsp3) is 0.100. The van der Waals surface area contributed by atoms with Crippen molar-refractivity contribution in [2.75, 3.05) is 5.32 Å². The van der Waals surface area contributed by atoms with Gasteiger partial charge in [-0.25, -0.2) is 4.98 Å². The van der Waals surface area contributed by atoms with E-state index in [0.717, 1.165) is 21.9 Å². The van der Waals surface area contributed by atoms with Gasteiger partial charge in [-0.3, -0.25) is 19.3 Å². The van der Waals surface area contributed by atoms with Gasteiger partial charge in [-0.15, -0.1) is 11.3 Å². The van der Waals surface area contributed by atoms with Gasteiger partial charge in [-0.1, -0.05) is 36.4 Å². The van der Waals surface area contributed by atoms with Crippen LogP contribution in [0, 0.1) is 17.0 Å². The van der Waals surface area contributed by atoms with Crippen LogP contribution in [0.4, 0.5) is 11.4 Å². The van der Waals surface area contributed by atoms with Crippen LogP contribution in [0.25, 0.3) is 16.2 Å². The zero-order valence-electron chi connectivity index (χ0n) is 15.0. The molecule has 0 atom stereocenters. The molecule has 0 aliphatic carbocycles. The average Bonchev–Trinajstić information content (AvgIpc) is 3.26. The molecule has 4 rings (SSSR count). The molecule has 4 aromatic rings. The summed E-state index contributed by atoms with van der Waals surface area (Å²) in [6.07, 6.45) is 2.06. The largest absolute Gasteiger partial charge is 0.326 e. The van der Waals surface area contributed by atoms with E-state index in [4.69, 9.17) is 0 Å². The van der Waals surface area contributed by atoms with Gasteiger partial charge in [0.2, 0.25) is 5.91 Å². The van der Waals surface area contributed by atoms with Gasteiger partial charge in [0.05, 0.1) is 17.0 Å². The van der Waals surface area contributed by atoms with Crippen molar-refractivity contribution in [2.45, 2.75) is 13.3 Å². The molecule has 7 nitrogen and oxygen atoms in total. The summed E-state index contributed by atoms with van der Waals surface area (Å²) in [5.74, 6) is -0.243. The maximum Gasteiger partial charge on any atom is 0.274 e. The highest BCUT2D eigenvalue weighted by molar-refractivity contribution is 7.15. The number of nitrogens with one attached hydrogen (secondary N) is 1. The molecule has 0 saturated carbocycles. The highest BCUT2D eigenvalue weighted by atomic mass is 32.1. The van der Waals surface area contributed by atoms with E-state index < -0.39 is 4.92 Å². The van der Waals surface area contributed by atoms with Gasteiger partial charge in [0.25, 0.3) is 5.69 Å². The molecular formula is C20H16N4O3S.